The molecule has 8 heteroatoms. The molecule has 130 valence electrons. The number of aryl methyl sites for hydroxylation is 1. The van der Waals surface area contributed by atoms with Crippen LogP contribution >= 0.6 is 11.3 Å². The van der Waals surface area contributed by atoms with Gasteiger partial charge in [-0.1, -0.05) is 29.5 Å². The molecule has 0 unspecified atom stereocenters. The number of thiazole rings is 1. The fraction of sp³-hybridized carbons (Fsp3) is 0.294. The number of anilines is 1. The van der Waals surface area contributed by atoms with Crippen LogP contribution in [-0.4, -0.2) is 48.9 Å². The highest BCUT2D eigenvalue weighted by Crippen LogP contribution is 2.29. The van der Waals surface area contributed by atoms with Crippen molar-refractivity contribution in [2.75, 3.05) is 31.1 Å². The molecule has 1 aliphatic heterocycles. The average molecular weight is 374 g/mol. The molecule has 0 atom stereocenters. The highest BCUT2D eigenvalue weighted by Gasteiger charge is 2.30. The first-order chi connectivity index (χ1) is 12.1. The van der Waals surface area contributed by atoms with Gasteiger partial charge in [0.25, 0.3) is 0 Å². The van der Waals surface area contributed by atoms with E-state index < -0.39 is 10.0 Å². The van der Waals surface area contributed by atoms with Crippen molar-refractivity contribution in [1.29, 1.82) is 0 Å². The van der Waals surface area contributed by atoms with E-state index in [1.54, 1.807) is 34.0 Å². The molecule has 0 radical (unpaired) electrons. The van der Waals surface area contributed by atoms with Crippen LogP contribution in [0.4, 0.5) is 5.13 Å². The molecule has 3 heterocycles. The van der Waals surface area contributed by atoms with Gasteiger partial charge >= 0.3 is 0 Å². The second-order valence-corrected chi connectivity index (χ2v) is 8.84. The minimum Gasteiger partial charge on any atom is -0.345 e. The zero-order valence-electron chi connectivity index (χ0n) is 13.8. The fourth-order valence-electron chi connectivity index (χ4n) is 3.00. The number of rotatable bonds is 3. The Kier molecular flexibility index (Phi) is 4.18. The van der Waals surface area contributed by atoms with E-state index in [-0.39, 0.29) is 0 Å². The predicted molar refractivity (Wildman–Crippen MR) is 99.6 cm³/mol. The van der Waals surface area contributed by atoms with Crippen molar-refractivity contribution in [3.63, 3.8) is 0 Å². The molecular weight excluding hydrogens is 356 g/mol. The molecule has 3 aromatic rings. The summed E-state index contributed by atoms with van der Waals surface area (Å²) < 4.78 is 27.3. The van der Waals surface area contributed by atoms with Crippen LogP contribution < -0.4 is 4.90 Å². The van der Waals surface area contributed by atoms with Gasteiger partial charge in [-0.15, -0.1) is 0 Å². The van der Waals surface area contributed by atoms with Crippen LogP contribution in [0.5, 0.6) is 0 Å². The largest absolute Gasteiger partial charge is 0.345 e. The lowest BCUT2D eigenvalue weighted by atomic mass is 10.2. The number of benzene rings is 1. The molecule has 1 fully saturated rings. The number of pyridine rings is 1. The zero-order valence-corrected chi connectivity index (χ0v) is 15.4. The quantitative estimate of drug-likeness (QED) is 0.705. The number of hydrogen-bond acceptors (Lipinski definition) is 6. The van der Waals surface area contributed by atoms with Crippen LogP contribution in [0.25, 0.3) is 10.3 Å². The zero-order chi connectivity index (χ0) is 17.4. The maximum atomic E-state index is 12.9. The summed E-state index contributed by atoms with van der Waals surface area (Å²) in [4.78, 5) is 12.4. The summed E-state index contributed by atoms with van der Waals surface area (Å²) in [6.45, 7) is 4.01. The van der Waals surface area contributed by atoms with Crippen molar-refractivity contribution in [3.8, 4) is 0 Å². The van der Waals surface area contributed by atoms with Crippen LogP contribution in [0.3, 0.4) is 0 Å². The van der Waals surface area contributed by atoms with Crippen LogP contribution in [0.15, 0.2) is 47.5 Å². The average Bonchev–Trinajstić information content (AvgIpc) is 3.06. The van der Waals surface area contributed by atoms with Crippen molar-refractivity contribution < 1.29 is 8.42 Å². The number of hydrogen-bond donors (Lipinski definition) is 0. The van der Waals surface area contributed by atoms with Crippen molar-refractivity contribution >= 4 is 36.8 Å². The normalized spacial score (nSPS) is 16.4. The monoisotopic (exact) mass is 374 g/mol. The molecule has 6 nitrogen and oxygen atoms in total. The highest BCUT2D eigenvalue weighted by atomic mass is 32.2. The topological polar surface area (TPSA) is 66.4 Å². The van der Waals surface area contributed by atoms with Crippen LogP contribution in [-0.2, 0) is 10.0 Å². The minimum absolute atomic E-state index is 0.396. The van der Waals surface area contributed by atoms with Crippen LogP contribution in [0.1, 0.15) is 5.56 Å². The summed E-state index contributed by atoms with van der Waals surface area (Å²) in [5, 5.41) is 0.904. The molecule has 0 aliphatic carbocycles. The van der Waals surface area contributed by atoms with Gasteiger partial charge in [-0.05, 0) is 30.7 Å². The molecule has 0 spiro atoms. The number of piperazine rings is 1. The Morgan fingerprint density at radius 1 is 1.04 bits per heavy atom. The molecule has 2 aromatic heterocycles. The first kappa shape index (κ1) is 16.4. The van der Waals surface area contributed by atoms with E-state index in [0.29, 0.717) is 31.1 Å². The van der Waals surface area contributed by atoms with E-state index in [1.165, 1.54) is 0 Å². The van der Waals surface area contributed by atoms with Gasteiger partial charge in [0.15, 0.2) is 5.13 Å². The minimum atomic E-state index is -3.45. The van der Waals surface area contributed by atoms with E-state index in [4.69, 9.17) is 0 Å². The Morgan fingerprint density at radius 3 is 2.52 bits per heavy atom. The summed E-state index contributed by atoms with van der Waals surface area (Å²) in [7, 11) is -3.45. The smallest absolute Gasteiger partial charge is 0.243 e. The van der Waals surface area contributed by atoms with Crippen molar-refractivity contribution in [3.05, 3.63) is 48.2 Å². The lowest BCUT2D eigenvalue weighted by Crippen LogP contribution is -2.48. The molecule has 0 saturated carbocycles. The van der Waals surface area contributed by atoms with E-state index in [9.17, 15) is 8.42 Å². The van der Waals surface area contributed by atoms with Gasteiger partial charge in [0.05, 0.1) is 4.90 Å². The predicted octanol–water partition coefficient (Wildman–Crippen LogP) is 2.51. The fourth-order valence-corrected chi connectivity index (χ4v) is 5.61. The second-order valence-electron chi connectivity index (χ2n) is 5.98. The highest BCUT2D eigenvalue weighted by molar-refractivity contribution is 7.89. The number of sulfonamides is 1. The van der Waals surface area contributed by atoms with E-state index in [2.05, 4.69) is 14.9 Å². The maximum absolute atomic E-state index is 12.9. The van der Waals surface area contributed by atoms with Gasteiger partial charge in [-0.3, -0.25) is 0 Å². The van der Waals surface area contributed by atoms with Crippen LogP contribution in [0, 0.1) is 6.92 Å². The summed E-state index contributed by atoms with van der Waals surface area (Å²) in [5.41, 5.74) is 1.67. The number of fused-ring (bicyclic) bond motifs is 1. The summed E-state index contributed by atoms with van der Waals surface area (Å²) in [6.07, 6.45) is 1.76. The second kappa shape index (κ2) is 6.36. The third-order valence-corrected chi connectivity index (χ3v) is 7.47. The van der Waals surface area contributed by atoms with E-state index >= 15 is 0 Å². The molecule has 1 aromatic carbocycles. The van der Waals surface area contributed by atoms with Crippen molar-refractivity contribution in [2.24, 2.45) is 0 Å². The number of nitrogens with zero attached hydrogens (tertiary/aromatic N) is 4. The molecule has 0 amide bonds. The molecule has 1 aliphatic rings. The Balaban J connectivity index is 1.52. The van der Waals surface area contributed by atoms with Gasteiger partial charge in [0.2, 0.25) is 10.0 Å². The van der Waals surface area contributed by atoms with Crippen molar-refractivity contribution in [2.45, 2.75) is 11.8 Å². The van der Waals surface area contributed by atoms with E-state index in [0.717, 1.165) is 21.0 Å². The van der Waals surface area contributed by atoms with Gasteiger partial charge < -0.3 is 4.90 Å². The molecule has 1 saturated heterocycles. The maximum Gasteiger partial charge on any atom is 0.243 e. The molecular formula is C17H18N4O2S2. The van der Waals surface area contributed by atoms with Crippen molar-refractivity contribution in [1.82, 2.24) is 14.3 Å². The Labute approximate surface area is 150 Å². The van der Waals surface area contributed by atoms with Crippen LogP contribution in [0.2, 0.25) is 0 Å². The first-order valence-corrected chi connectivity index (χ1v) is 10.3. The SMILES string of the molecule is Cc1ccccc1S(=O)(=O)N1CCN(c2nc3cccnc3s2)CC1. The summed E-state index contributed by atoms with van der Waals surface area (Å²) in [6, 6.07) is 10.9. The lowest BCUT2D eigenvalue weighted by Gasteiger charge is -2.34. The first-order valence-electron chi connectivity index (χ1n) is 8.08. The van der Waals surface area contributed by atoms with E-state index in [1.807, 2.05) is 31.2 Å². The standard InChI is InChI=1S/C17H18N4O2S2/c1-13-5-2-3-7-15(13)25(22,23)21-11-9-20(10-12-21)17-19-14-6-4-8-18-16(14)24-17/h2-8H,9-12H2,1H3. The third-order valence-electron chi connectivity index (χ3n) is 4.38. The Bertz CT molecular complexity index is 975. The van der Waals surface area contributed by atoms with Gasteiger partial charge in [-0.25, -0.2) is 18.4 Å². The van der Waals surface area contributed by atoms with Gasteiger partial charge in [0.1, 0.15) is 10.3 Å². The Morgan fingerprint density at radius 2 is 1.80 bits per heavy atom. The molecule has 0 N–H and O–H groups in total. The molecule has 4 rings (SSSR count). The lowest BCUT2D eigenvalue weighted by molar-refractivity contribution is 0.384. The summed E-state index contributed by atoms with van der Waals surface area (Å²) >= 11 is 1.55. The number of aromatic nitrogens is 2. The van der Waals surface area contributed by atoms with Gasteiger partial charge in [-0.2, -0.15) is 4.31 Å². The molecule has 25 heavy (non-hydrogen) atoms. The molecule has 0 bridgehead atoms. The third kappa shape index (κ3) is 3.01. The summed E-state index contributed by atoms with van der Waals surface area (Å²) in [5.74, 6) is 0. The van der Waals surface area contributed by atoms with Gasteiger partial charge in [0, 0.05) is 32.4 Å². The Hall–Kier alpha value is -2.03.